The minimum Gasteiger partial charge on any atom is -0.455 e. The molecule has 29 heavy (non-hydrogen) atoms. The number of aryl methyl sites for hydroxylation is 1. The van der Waals surface area contributed by atoms with Crippen LogP contribution in [0.3, 0.4) is 0 Å². The van der Waals surface area contributed by atoms with Crippen molar-refractivity contribution in [1.29, 1.82) is 0 Å². The second-order valence-electron chi connectivity index (χ2n) is 8.54. The third-order valence-electron chi connectivity index (χ3n) is 6.43. The Morgan fingerprint density at radius 3 is 2.41 bits per heavy atom. The van der Waals surface area contributed by atoms with Crippen molar-refractivity contribution in [1.82, 2.24) is 0 Å². The zero-order chi connectivity index (χ0) is 19.9. The van der Waals surface area contributed by atoms with Crippen molar-refractivity contribution < 1.29 is 8.99 Å². The van der Waals surface area contributed by atoms with Gasteiger partial charge in [-0.25, -0.2) is 0 Å². The molecule has 2 aromatic heterocycles. The fraction of sp³-hybridized carbons (Fsp3) is 0.192. The molecule has 0 N–H and O–H groups in total. The molecular weight excluding hydrogens is 374 g/mol. The summed E-state index contributed by atoms with van der Waals surface area (Å²) in [7, 11) is 2.21. The molecule has 0 spiro atoms. The molecule has 2 nitrogen and oxygen atoms in total. The third kappa shape index (κ3) is 2.09. The van der Waals surface area contributed by atoms with Gasteiger partial charge in [0, 0.05) is 20.9 Å². The number of para-hydroxylation sites is 1. The van der Waals surface area contributed by atoms with Crippen LogP contribution >= 0.6 is 11.3 Å². The van der Waals surface area contributed by atoms with Gasteiger partial charge in [0.1, 0.15) is 18.2 Å². The third-order valence-corrected chi connectivity index (χ3v) is 7.67. The van der Waals surface area contributed by atoms with Crippen LogP contribution in [0.25, 0.3) is 32.0 Å². The van der Waals surface area contributed by atoms with E-state index in [9.17, 15) is 0 Å². The Labute approximate surface area is 173 Å². The molecule has 0 aliphatic carbocycles. The van der Waals surface area contributed by atoms with E-state index in [0.29, 0.717) is 0 Å². The minimum atomic E-state index is -0.109. The molecule has 0 amide bonds. The van der Waals surface area contributed by atoms with Crippen molar-refractivity contribution in [2.45, 2.75) is 26.2 Å². The number of furan rings is 1. The monoisotopic (exact) mass is 396 g/mol. The lowest BCUT2D eigenvalue weighted by atomic mass is 9.77. The van der Waals surface area contributed by atoms with Crippen molar-refractivity contribution in [3.8, 4) is 0 Å². The van der Waals surface area contributed by atoms with E-state index >= 15 is 0 Å². The standard InChI is InChI=1S/C26H22NOS/c1-15-13-14-17-16-9-5-7-11-19(16)28-23(17)21(15)24-26(2,3)22-18-10-6-8-12-20(18)29-25(22)27(24)4/h5-14H,1-4H3/q+1. The summed E-state index contributed by atoms with van der Waals surface area (Å²) in [6.07, 6.45) is 0. The molecule has 6 rings (SSSR count). The molecule has 3 heteroatoms. The highest BCUT2D eigenvalue weighted by Crippen LogP contribution is 2.51. The highest BCUT2D eigenvalue weighted by atomic mass is 32.1. The van der Waals surface area contributed by atoms with Crippen LogP contribution in [0.2, 0.25) is 0 Å². The molecule has 0 fully saturated rings. The lowest BCUT2D eigenvalue weighted by molar-refractivity contribution is -0.397. The van der Waals surface area contributed by atoms with Gasteiger partial charge in [0.2, 0.25) is 5.71 Å². The van der Waals surface area contributed by atoms with Crippen LogP contribution in [0.15, 0.2) is 65.1 Å². The zero-order valence-corrected chi connectivity index (χ0v) is 17.9. The molecular formula is C26H22NOS+. The summed E-state index contributed by atoms with van der Waals surface area (Å²) in [5.74, 6) is 0. The number of thiophene rings is 1. The number of benzene rings is 3. The summed E-state index contributed by atoms with van der Waals surface area (Å²) in [5, 5.41) is 5.09. The summed E-state index contributed by atoms with van der Waals surface area (Å²) in [4.78, 5) is 0. The Hall–Kier alpha value is -2.91. The SMILES string of the molecule is Cc1ccc2c(oc3ccccc32)c1C1=[N+](C)c2sc3ccccc3c2C1(C)C. The van der Waals surface area contributed by atoms with Crippen LogP contribution in [-0.2, 0) is 5.41 Å². The smallest absolute Gasteiger partial charge is 0.267 e. The first-order valence-electron chi connectivity index (χ1n) is 10.0. The van der Waals surface area contributed by atoms with Gasteiger partial charge in [-0.05, 0) is 38.5 Å². The van der Waals surface area contributed by atoms with Crippen LogP contribution in [0.4, 0.5) is 5.00 Å². The maximum Gasteiger partial charge on any atom is 0.267 e. The number of nitrogens with zero attached hydrogens (tertiary/aromatic N) is 1. The molecule has 0 unspecified atom stereocenters. The van der Waals surface area contributed by atoms with Gasteiger partial charge in [0.25, 0.3) is 5.00 Å². The van der Waals surface area contributed by atoms with E-state index in [-0.39, 0.29) is 5.41 Å². The van der Waals surface area contributed by atoms with E-state index in [2.05, 4.69) is 87.0 Å². The van der Waals surface area contributed by atoms with Crippen LogP contribution in [0, 0.1) is 6.92 Å². The predicted octanol–water partition coefficient (Wildman–Crippen LogP) is 7.16. The maximum absolute atomic E-state index is 6.44. The summed E-state index contributed by atoms with van der Waals surface area (Å²) in [6, 6.07) is 21.5. The minimum absolute atomic E-state index is 0.109. The molecule has 0 atom stereocenters. The normalized spacial score (nSPS) is 15.7. The topological polar surface area (TPSA) is 16.1 Å². The van der Waals surface area contributed by atoms with Gasteiger partial charge in [-0.15, -0.1) is 0 Å². The van der Waals surface area contributed by atoms with Gasteiger partial charge in [0.15, 0.2) is 0 Å². The molecule has 0 saturated carbocycles. The fourth-order valence-corrected chi connectivity index (χ4v) is 6.50. The van der Waals surface area contributed by atoms with Gasteiger partial charge in [-0.3, -0.25) is 0 Å². The Balaban J connectivity index is 1.73. The summed E-state index contributed by atoms with van der Waals surface area (Å²) >= 11 is 1.89. The van der Waals surface area contributed by atoms with Gasteiger partial charge >= 0.3 is 0 Å². The van der Waals surface area contributed by atoms with E-state index in [1.807, 2.05) is 17.4 Å². The lowest BCUT2D eigenvalue weighted by Gasteiger charge is -2.19. The second-order valence-corrected chi connectivity index (χ2v) is 9.57. The molecule has 1 aliphatic heterocycles. The Kier molecular flexibility index (Phi) is 3.27. The second kappa shape index (κ2) is 5.58. The molecule has 3 aromatic carbocycles. The molecule has 0 saturated heterocycles. The van der Waals surface area contributed by atoms with Gasteiger partial charge in [-0.2, -0.15) is 4.58 Å². The lowest BCUT2D eigenvalue weighted by Crippen LogP contribution is -2.30. The largest absolute Gasteiger partial charge is 0.455 e. The number of fused-ring (bicyclic) bond motifs is 6. The zero-order valence-electron chi connectivity index (χ0n) is 17.0. The number of rotatable bonds is 1. The van der Waals surface area contributed by atoms with Gasteiger partial charge < -0.3 is 4.42 Å². The molecule has 3 heterocycles. The number of hydrogen-bond donors (Lipinski definition) is 0. The Morgan fingerprint density at radius 1 is 0.862 bits per heavy atom. The quantitative estimate of drug-likeness (QED) is 0.274. The van der Waals surface area contributed by atoms with Crippen molar-refractivity contribution in [2.75, 3.05) is 7.05 Å². The van der Waals surface area contributed by atoms with Crippen LogP contribution in [-0.4, -0.2) is 17.3 Å². The van der Waals surface area contributed by atoms with Crippen molar-refractivity contribution in [3.05, 3.63) is 77.4 Å². The van der Waals surface area contributed by atoms with Crippen molar-refractivity contribution in [2.24, 2.45) is 0 Å². The van der Waals surface area contributed by atoms with E-state index in [1.54, 1.807) is 0 Å². The first kappa shape index (κ1) is 17.0. The summed E-state index contributed by atoms with van der Waals surface area (Å²) in [6.45, 7) is 6.90. The van der Waals surface area contributed by atoms with Gasteiger partial charge in [-0.1, -0.05) is 59.9 Å². The number of hydrogen-bond acceptors (Lipinski definition) is 2. The molecule has 142 valence electrons. The average molecular weight is 397 g/mol. The molecule has 5 aromatic rings. The maximum atomic E-state index is 6.44. The molecule has 1 aliphatic rings. The summed E-state index contributed by atoms with van der Waals surface area (Å²) in [5.41, 5.74) is 7.09. The average Bonchev–Trinajstić information content (AvgIpc) is 3.33. The highest BCUT2D eigenvalue weighted by molar-refractivity contribution is 7.22. The summed E-state index contributed by atoms with van der Waals surface area (Å²) < 4.78 is 10.2. The first-order valence-corrected chi connectivity index (χ1v) is 10.8. The van der Waals surface area contributed by atoms with Gasteiger partial charge in [0.05, 0.1) is 16.5 Å². The van der Waals surface area contributed by atoms with E-state index < -0.39 is 0 Å². The van der Waals surface area contributed by atoms with E-state index in [0.717, 1.165) is 11.2 Å². The molecule has 0 bridgehead atoms. The first-order chi connectivity index (χ1) is 14.0. The Morgan fingerprint density at radius 2 is 1.59 bits per heavy atom. The fourth-order valence-electron chi connectivity index (χ4n) is 5.17. The Bertz CT molecular complexity index is 1500. The van der Waals surface area contributed by atoms with Crippen LogP contribution in [0.1, 0.15) is 30.5 Å². The predicted molar refractivity (Wildman–Crippen MR) is 123 cm³/mol. The highest BCUT2D eigenvalue weighted by Gasteiger charge is 2.49. The van der Waals surface area contributed by atoms with Crippen LogP contribution < -0.4 is 0 Å². The molecule has 0 radical (unpaired) electrons. The van der Waals surface area contributed by atoms with Crippen molar-refractivity contribution in [3.63, 3.8) is 0 Å². The van der Waals surface area contributed by atoms with Crippen molar-refractivity contribution >= 4 is 54.1 Å². The van der Waals surface area contributed by atoms with Crippen LogP contribution in [0.5, 0.6) is 0 Å². The van der Waals surface area contributed by atoms with E-state index in [1.165, 1.54) is 48.3 Å². The van der Waals surface area contributed by atoms with E-state index in [4.69, 9.17) is 4.42 Å².